The molecule has 0 heterocycles. The van der Waals surface area contributed by atoms with Crippen molar-refractivity contribution >= 4 is 0 Å². The molecule has 4 atom stereocenters. The lowest BCUT2D eigenvalue weighted by molar-refractivity contribution is 0.128. The molecule has 4 unspecified atom stereocenters. The minimum Gasteiger partial charge on any atom is -0.0651 e. The summed E-state index contributed by atoms with van der Waals surface area (Å²) >= 11 is 0. The lowest BCUT2D eigenvalue weighted by Crippen LogP contribution is -2.32. The maximum atomic E-state index is 2.42. The van der Waals surface area contributed by atoms with Gasteiger partial charge in [0.25, 0.3) is 0 Å². The predicted molar refractivity (Wildman–Crippen MR) is 70.5 cm³/mol. The third-order valence-corrected chi connectivity index (χ3v) is 4.59. The second kappa shape index (κ2) is 5.03. The molecule has 1 fully saturated rings. The number of hydrogen-bond donors (Lipinski definition) is 0. The number of hydrogen-bond acceptors (Lipinski definition) is 0. The Kier molecular flexibility index (Phi) is 3.68. The summed E-state index contributed by atoms with van der Waals surface area (Å²) in [5, 5.41) is 0. The Morgan fingerprint density at radius 3 is 2.31 bits per heavy atom. The molecule has 0 heteroatoms. The van der Waals surface area contributed by atoms with E-state index in [4.69, 9.17) is 0 Å². The van der Waals surface area contributed by atoms with E-state index in [0.717, 1.165) is 23.7 Å². The van der Waals surface area contributed by atoms with Gasteiger partial charge in [0, 0.05) is 0 Å². The minimum absolute atomic E-state index is 0.787. The van der Waals surface area contributed by atoms with Crippen molar-refractivity contribution in [1.82, 2.24) is 0 Å². The van der Waals surface area contributed by atoms with E-state index >= 15 is 0 Å². The van der Waals surface area contributed by atoms with Gasteiger partial charge in [-0.05, 0) is 35.7 Å². The monoisotopic (exact) mass is 216 g/mol. The van der Waals surface area contributed by atoms with E-state index in [1.165, 1.54) is 19.3 Å². The van der Waals surface area contributed by atoms with Crippen LogP contribution in [-0.2, 0) is 0 Å². The normalized spacial score (nSPS) is 28.2. The molecular formula is C16H24. The van der Waals surface area contributed by atoms with Gasteiger partial charge in [0.15, 0.2) is 0 Å². The van der Waals surface area contributed by atoms with Crippen LogP contribution in [0.2, 0.25) is 0 Å². The Hall–Kier alpha value is -0.780. The van der Waals surface area contributed by atoms with Crippen molar-refractivity contribution < 1.29 is 0 Å². The molecule has 1 aromatic rings. The van der Waals surface area contributed by atoms with Crippen molar-refractivity contribution in [2.45, 2.75) is 46.0 Å². The Morgan fingerprint density at radius 1 is 1.19 bits per heavy atom. The first-order valence-electron chi connectivity index (χ1n) is 6.79. The molecule has 0 N–H and O–H groups in total. The predicted octanol–water partition coefficient (Wildman–Crippen LogP) is 4.86. The third-order valence-electron chi connectivity index (χ3n) is 4.59. The number of rotatable bonds is 4. The molecular weight excluding hydrogens is 192 g/mol. The van der Waals surface area contributed by atoms with Crippen LogP contribution in [-0.4, -0.2) is 0 Å². The molecule has 0 spiro atoms. The zero-order valence-electron chi connectivity index (χ0n) is 10.8. The van der Waals surface area contributed by atoms with Gasteiger partial charge in [0.05, 0.1) is 0 Å². The lowest BCUT2D eigenvalue weighted by Gasteiger charge is -2.43. The zero-order valence-corrected chi connectivity index (χ0v) is 10.8. The van der Waals surface area contributed by atoms with Gasteiger partial charge in [-0.2, -0.15) is 0 Å². The van der Waals surface area contributed by atoms with Crippen LogP contribution < -0.4 is 0 Å². The van der Waals surface area contributed by atoms with Crippen LogP contribution in [0.4, 0.5) is 0 Å². The highest BCUT2D eigenvalue weighted by molar-refractivity contribution is 5.22. The van der Waals surface area contributed by atoms with Crippen LogP contribution in [0, 0.1) is 17.8 Å². The van der Waals surface area contributed by atoms with Gasteiger partial charge < -0.3 is 0 Å². The molecule has 1 saturated carbocycles. The summed E-state index contributed by atoms with van der Waals surface area (Å²) in [5.41, 5.74) is 1.56. The molecule has 0 aliphatic heterocycles. The van der Waals surface area contributed by atoms with E-state index in [2.05, 4.69) is 51.1 Å². The van der Waals surface area contributed by atoms with Crippen LogP contribution in [0.1, 0.15) is 51.5 Å². The van der Waals surface area contributed by atoms with Gasteiger partial charge in [-0.15, -0.1) is 0 Å². The van der Waals surface area contributed by atoms with Gasteiger partial charge in [0.2, 0.25) is 0 Å². The molecule has 16 heavy (non-hydrogen) atoms. The molecule has 1 aromatic carbocycles. The fourth-order valence-electron chi connectivity index (χ4n) is 3.15. The minimum atomic E-state index is 0.787. The van der Waals surface area contributed by atoms with Crippen LogP contribution in [0.3, 0.4) is 0 Å². The summed E-state index contributed by atoms with van der Waals surface area (Å²) in [7, 11) is 0. The average molecular weight is 216 g/mol. The summed E-state index contributed by atoms with van der Waals surface area (Å²) in [6.07, 6.45) is 4.16. The molecule has 2 rings (SSSR count). The topological polar surface area (TPSA) is 0 Å². The molecule has 88 valence electrons. The summed E-state index contributed by atoms with van der Waals surface area (Å²) in [6.45, 7) is 7.17. The van der Waals surface area contributed by atoms with Crippen molar-refractivity contribution in [2.75, 3.05) is 0 Å². The summed E-state index contributed by atoms with van der Waals surface area (Å²) in [5.74, 6) is 3.46. The first-order chi connectivity index (χ1) is 7.74. The van der Waals surface area contributed by atoms with E-state index in [0.29, 0.717) is 0 Å². The van der Waals surface area contributed by atoms with Gasteiger partial charge >= 0.3 is 0 Å². The fourth-order valence-corrected chi connectivity index (χ4v) is 3.15. The van der Waals surface area contributed by atoms with Crippen LogP contribution >= 0.6 is 0 Å². The highest BCUT2D eigenvalue weighted by Crippen LogP contribution is 2.47. The van der Waals surface area contributed by atoms with Crippen LogP contribution in [0.25, 0.3) is 0 Å². The Labute approximate surface area is 100 Å². The highest BCUT2D eigenvalue weighted by atomic mass is 14.4. The SMILES string of the molecule is CCC(C)C(c1ccccc1)C1CCC1C. The summed E-state index contributed by atoms with van der Waals surface area (Å²) < 4.78 is 0. The zero-order chi connectivity index (χ0) is 11.5. The van der Waals surface area contributed by atoms with E-state index in [-0.39, 0.29) is 0 Å². The molecule has 0 bridgehead atoms. The first kappa shape index (κ1) is 11.7. The molecule has 0 radical (unpaired) electrons. The van der Waals surface area contributed by atoms with Crippen molar-refractivity contribution in [1.29, 1.82) is 0 Å². The van der Waals surface area contributed by atoms with E-state index in [9.17, 15) is 0 Å². The van der Waals surface area contributed by atoms with Gasteiger partial charge in [-0.1, -0.05) is 63.9 Å². The highest BCUT2D eigenvalue weighted by Gasteiger charge is 2.36. The molecule has 0 saturated heterocycles. The molecule has 0 amide bonds. The van der Waals surface area contributed by atoms with Gasteiger partial charge in [-0.3, -0.25) is 0 Å². The van der Waals surface area contributed by atoms with E-state index in [1.807, 2.05) is 0 Å². The third kappa shape index (κ3) is 2.16. The standard InChI is InChI=1S/C16H24/c1-4-12(2)16(15-11-10-13(15)3)14-8-6-5-7-9-14/h5-9,12-13,15-16H,4,10-11H2,1-3H3. The van der Waals surface area contributed by atoms with Crippen molar-refractivity contribution in [3.63, 3.8) is 0 Å². The van der Waals surface area contributed by atoms with Gasteiger partial charge in [-0.25, -0.2) is 0 Å². The van der Waals surface area contributed by atoms with Crippen LogP contribution in [0.15, 0.2) is 30.3 Å². The number of benzene rings is 1. The molecule has 0 aromatic heterocycles. The fraction of sp³-hybridized carbons (Fsp3) is 0.625. The molecule has 1 aliphatic carbocycles. The van der Waals surface area contributed by atoms with Crippen molar-refractivity contribution in [3.8, 4) is 0 Å². The van der Waals surface area contributed by atoms with E-state index in [1.54, 1.807) is 5.56 Å². The Morgan fingerprint density at radius 2 is 1.88 bits per heavy atom. The quantitative estimate of drug-likeness (QED) is 0.674. The first-order valence-corrected chi connectivity index (χ1v) is 6.79. The average Bonchev–Trinajstić information content (AvgIpc) is 2.34. The largest absolute Gasteiger partial charge is 0.0651 e. The second-order valence-corrected chi connectivity index (χ2v) is 5.54. The van der Waals surface area contributed by atoms with E-state index < -0.39 is 0 Å². The molecule has 1 aliphatic rings. The van der Waals surface area contributed by atoms with Crippen LogP contribution in [0.5, 0.6) is 0 Å². The molecule has 0 nitrogen and oxygen atoms in total. The van der Waals surface area contributed by atoms with Gasteiger partial charge in [0.1, 0.15) is 0 Å². The van der Waals surface area contributed by atoms with Crippen molar-refractivity contribution in [2.24, 2.45) is 17.8 Å². The van der Waals surface area contributed by atoms with Crippen molar-refractivity contribution in [3.05, 3.63) is 35.9 Å². The maximum absolute atomic E-state index is 2.42. The Bertz CT molecular complexity index is 314. The summed E-state index contributed by atoms with van der Waals surface area (Å²) in [6, 6.07) is 11.1. The Balaban J connectivity index is 2.21. The smallest absolute Gasteiger partial charge is 0.0105 e. The lowest BCUT2D eigenvalue weighted by atomic mass is 9.62. The maximum Gasteiger partial charge on any atom is -0.0105 e. The summed E-state index contributed by atoms with van der Waals surface area (Å²) in [4.78, 5) is 0. The second-order valence-electron chi connectivity index (χ2n) is 5.54.